The van der Waals surface area contributed by atoms with Crippen molar-refractivity contribution in [1.29, 1.82) is 0 Å². The summed E-state index contributed by atoms with van der Waals surface area (Å²) in [5, 5.41) is 0. The molecule has 0 amide bonds. The summed E-state index contributed by atoms with van der Waals surface area (Å²) >= 11 is 0. The first-order valence-electron chi connectivity index (χ1n) is 25.2. The predicted octanol–water partition coefficient (Wildman–Crippen LogP) is 17.3. The zero-order valence-corrected chi connectivity index (χ0v) is 37.7. The Bertz CT molecular complexity index is 1430. The molecule has 2 aromatic rings. The first-order valence-corrected chi connectivity index (χ1v) is 25.2. The highest BCUT2D eigenvalue weighted by Crippen LogP contribution is 2.44. The molecule has 4 aliphatic rings. The van der Waals surface area contributed by atoms with E-state index in [9.17, 15) is 17.6 Å². The van der Waals surface area contributed by atoms with Gasteiger partial charge in [-0.15, -0.1) is 0 Å². The van der Waals surface area contributed by atoms with Gasteiger partial charge in [0.15, 0.2) is 23.3 Å². The van der Waals surface area contributed by atoms with Crippen LogP contribution in [0, 0.1) is 70.6 Å². The maximum atomic E-state index is 14.5. The summed E-state index contributed by atoms with van der Waals surface area (Å²) in [6.45, 7) is 8.76. The van der Waals surface area contributed by atoms with E-state index in [1.807, 2.05) is 25.1 Å². The Labute approximate surface area is 353 Å². The van der Waals surface area contributed by atoms with Gasteiger partial charge >= 0.3 is 0 Å². The molecule has 0 unspecified atom stereocenters. The highest BCUT2D eigenvalue weighted by atomic mass is 19.2. The van der Waals surface area contributed by atoms with E-state index >= 15 is 0 Å². The van der Waals surface area contributed by atoms with Gasteiger partial charge in [-0.3, -0.25) is 0 Å². The summed E-state index contributed by atoms with van der Waals surface area (Å²) in [5.74, 6) is 4.80. The van der Waals surface area contributed by atoms with Crippen molar-refractivity contribution in [3.63, 3.8) is 0 Å². The first kappa shape index (κ1) is 47.2. The third-order valence-electron chi connectivity index (χ3n) is 16.0. The minimum absolute atomic E-state index is 0.526. The molecule has 58 heavy (non-hydrogen) atoms. The molecule has 4 saturated carbocycles. The Kier molecular flexibility index (Phi) is 20.5. The van der Waals surface area contributed by atoms with Crippen molar-refractivity contribution in [1.82, 2.24) is 0 Å². The van der Waals surface area contributed by atoms with Gasteiger partial charge in [0.05, 0.1) is 0 Å². The van der Waals surface area contributed by atoms with Crippen LogP contribution in [0.5, 0.6) is 0 Å². The van der Waals surface area contributed by atoms with Gasteiger partial charge in [0, 0.05) is 0 Å². The summed E-state index contributed by atoms with van der Waals surface area (Å²) in [6, 6.07) is 7.29. The van der Waals surface area contributed by atoms with Gasteiger partial charge in [0.25, 0.3) is 0 Å². The smallest absolute Gasteiger partial charge is 0.162 e. The van der Waals surface area contributed by atoms with Crippen molar-refractivity contribution in [2.75, 3.05) is 0 Å². The third kappa shape index (κ3) is 14.1. The number of aryl methyl sites for hydroxylation is 4. The van der Waals surface area contributed by atoms with E-state index in [-0.39, 0.29) is 0 Å². The van der Waals surface area contributed by atoms with Gasteiger partial charge in [-0.05, 0) is 166 Å². The Hall–Kier alpha value is -1.84. The molecule has 0 saturated heterocycles. The van der Waals surface area contributed by atoms with Crippen molar-refractivity contribution in [2.24, 2.45) is 47.3 Å². The fourth-order valence-corrected chi connectivity index (χ4v) is 12.2. The molecule has 328 valence electrons. The molecule has 0 nitrogen and oxygen atoms in total. The van der Waals surface area contributed by atoms with Gasteiger partial charge in [-0.2, -0.15) is 0 Å². The quantitative estimate of drug-likeness (QED) is 0.104. The summed E-state index contributed by atoms with van der Waals surface area (Å²) in [4.78, 5) is 0. The SMILES string of the molecule is CCCCCc1ccc(CCC2CCC(C3CCC(CCC)CC3)CC2)c(F)c1F.CCCc1ccc(CCC2CCC(C3CCC(CCC)CC3)CC2)c(F)c1F. The molecule has 0 spiro atoms. The van der Waals surface area contributed by atoms with Crippen LogP contribution in [-0.2, 0) is 25.7 Å². The van der Waals surface area contributed by atoms with E-state index in [2.05, 4.69) is 20.8 Å². The topological polar surface area (TPSA) is 0 Å². The zero-order chi connectivity index (χ0) is 41.3. The molecule has 0 atom stereocenters. The van der Waals surface area contributed by atoms with Crippen LogP contribution in [0.15, 0.2) is 24.3 Å². The summed E-state index contributed by atoms with van der Waals surface area (Å²) in [5.41, 5.74) is 2.24. The molecule has 4 heteroatoms. The maximum absolute atomic E-state index is 14.5. The molecule has 0 heterocycles. The molecule has 0 radical (unpaired) electrons. The number of halogens is 4. The molecule has 4 fully saturated rings. The van der Waals surface area contributed by atoms with Crippen LogP contribution in [0.25, 0.3) is 0 Å². The van der Waals surface area contributed by atoms with Crippen LogP contribution in [0.1, 0.15) is 217 Å². The van der Waals surface area contributed by atoms with Crippen molar-refractivity contribution in [3.8, 4) is 0 Å². The summed E-state index contributed by atoms with van der Waals surface area (Å²) < 4.78 is 57.5. The Morgan fingerprint density at radius 3 is 0.914 bits per heavy atom. The predicted molar refractivity (Wildman–Crippen MR) is 238 cm³/mol. The van der Waals surface area contributed by atoms with Crippen molar-refractivity contribution in [2.45, 2.75) is 220 Å². The highest BCUT2D eigenvalue weighted by Gasteiger charge is 2.32. The van der Waals surface area contributed by atoms with E-state index in [1.165, 1.54) is 128 Å². The normalized spacial score (nSPS) is 27.9. The van der Waals surface area contributed by atoms with Crippen LogP contribution >= 0.6 is 0 Å². The second kappa shape index (κ2) is 25.2. The zero-order valence-electron chi connectivity index (χ0n) is 37.7. The minimum atomic E-state index is -0.610. The standard InChI is InChI=1S/C28H44F2.C26H40F2/c1-3-5-6-8-25-19-20-26(28(30)27(25)29)18-13-22-11-16-24(17-12-22)23-14-9-21(7-4-2)10-15-23;1-3-5-19-7-12-21(13-8-19)22-14-9-20(10-15-22)11-16-24-18-17-23(6-4-2)25(27)26(24)28/h19-24H,3-18H2,1-2H3;17-22H,3-16H2,1-2H3. The molecule has 0 N–H and O–H groups in total. The number of rotatable bonds is 18. The molecule has 6 rings (SSSR count). The average molecular weight is 809 g/mol. The number of hydrogen-bond donors (Lipinski definition) is 0. The number of hydrogen-bond acceptors (Lipinski definition) is 0. The lowest BCUT2D eigenvalue weighted by Crippen LogP contribution is -2.26. The molecular weight excluding hydrogens is 725 g/mol. The molecule has 0 aromatic heterocycles. The Balaban J connectivity index is 0.000000221. The van der Waals surface area contributed by atoms with Crippen LogP contribution in [0.3, 0.4) is 0 Å². The van der Waals surface area contributed by atoms with E-state index in [0.717, 1.165) is 74.0 Å². The van der Waals surface area contributed by atoms with E-state index in [4.69, 9.17) is 0 Å². The van der Waals surface area contributed by atoms with E-state index in [1.54, 1.807) is 6.07 Å². The molecule has 0 bridgehead atoms. The fraction of sp³-hybridized carbons (Fsp3) is 0.778. The van der Waals surface area contributed by atoms with Gasteiger partial charge in [-0.25, -0.2) is 17.6 Å². The van der Waals surface area contributed by atoms with Crippen LogP contribution in [0.2, 0.25) is 0 Å². The lowest BCUT2D eigenvalue weighted by molar-refractivity contribution is 0.141. The van der Waals surface area contributed by atoms with Gasteiger partial charge in [0.2, 0.25) is 0 Å². The fourth-order valence-electron chi connectivity index (χ4n) is 12.2. The minimum Gasteiger partial charge on any atom is -0.203 e. The summed E-state index contributed by atoms with van der Waals surface area (Å²) in [6.07, 6.45) is 36.4. The van der Waals surface area contributed by atoms with E-state index < -0.39 is 23.3 Å². The van der Waals surface area contributed by atoms with E-state index in [0.29, 0.717) is 59.8 Å². The summed E-state index contributed by atoms with van der Waals surface area (Å²) in [7, 11) is 0. The maximum Gasteiger partial charge on any atom is 0.162 e. The molecule has 4 aliphatic carbocycles. The van der Waals surface area contributed by atoms with Crippen LogP contribution in [-0.4, -0.2) is 0 Å². The lowest BCUT2D eigenvalue weighted by atomic mass is 9.68. The Morgan fingerprint density at radius 2 is 0.621 bits per heavy atom. The first-order chi connectivity index (χ1) is 28.2. The van der Waals surface area contributed by atoms with Gasteiger partial charge in [0.1, 0.15) is 0 Å². The third-order valence-corrected chi connectivity index (χ3v) is 16.0. The average Bonchev–Trinajstić information content (AvgIpc) is 3.25. The van der Waals surface area contributed by atoms with Crippen LogP contribution in [0.4, 0.5) is 17.6 Å². The Morgan fingerprint density at radius 1 is 0.328 bits per heavy atom. The lowest BCUT2D eigenvalue weighted by Gasteiger charge is -2.38. The van der Waals surface area contributed by atoms with Gasteiger partial charge < -0.3 is 0 Å². The highest BCUT2D eigenvalue weighted by molar-refractivity contribution is 5.28. The van der Waals surface area contributed by atoms with Crippen molar-refractivity contribution in [3.05, 3.63) is 69.8 Å². The number of benzene rings is 2. The monoisotopic (exact) mass is 809 g/mol. The molecule has 2 aromatic carbocycles. The van der Waals surface area contributed by atoms with Crippen molar-refractivity contribution >= 4 is 0 Å². The van der Waals surface area contributed by atoms with Gasteiger partial charge in [-0.1, -0.05) is 148 Å². The molecular formula is C54H84F4. The van der Waals surface area contributed by atoms with Crippen LogP contribution < -0.4 is 0 Å². The molecule has 0 aliphatic heterocycles. The van der Waals surface area contributed by atoms with Crippen molar-refractivity contribution < 1.29 is 17.6 Å². The second-order valence-corrected chi connectivity index (χ2v) is 20.0. The number of unbranched alkanes of at least 4 members (excludes halogenated alkanes) is 2. The second-order valence-electron chi connectivity index (χ2n) is 20.0. The largest absolute Gasteiger partial charge is 0.203 e.